The topological polar surface area (TPSA) is 70.8 Å². The van der Waals surface area contributed by atoms with Crippen molar-refractivity contribution in [2.45, 2.75) is 118 Å². The summed E-state index contributed by atoms with van der Waals surface area (Å²) in [4.78, 5) is 53.3. The van der Waals surface area contributed by atoms with Gasteiger partial charge in [0, 0.05) is 32.6 Å². The molecule has 7 rings (SSSR count). The molecule has 2 unspecified atom stereocenters. The van der Waals surface area contributed by atoms with Gasteiger partial charge in [-0.2, -0.15) is 0 Å². The molecule has 7 heterocycles. The highest BCUT2D eigenvalue weighted by molar-refractivity contribution is 7.24. The third-order valence-corrected chi connectivity index (χ3v) is 16.5. The number of carbonyl (C=O) groups is 3. The van der Waals surface area contributed by atoms with Crippen molar-refractivity contribution < 1.29 is 18.8 Å². The number of amides is 2. The number of unbranched alkanes of at least 4 members (excludes halogenated alkanes) is 5. The monoisotopic (exact) mass is 866 g/mol. The summed E-state index contributed by atoms with van der Waals surface area (Å²) < 4.78 is 5.73. The van der Waals surface area contributed by atoms with Gasteiger partial charge in [-0.3, -0.25) is 14.4 Å². The molecule has 0 saturated heterocycles. The number of carbonyl (C=O) groups excluding carboxylic acids is 3. The highest BCUT2D eigenvalue weighted by Gasteiger charge is 2.50. The van der Waals surface area contributed by atoms with Crippen molar-refractivity contribution in [2.75, 3.05) is 13.1 Å². The van der Waals surface area contributed by atoms with Crippen LogP contribution in [0.4, 0.5) is 0 Å². The summed E-state index contributed by atoms with van der Waals surface area (Å²) >= 11 is 6.77. The molecule has 0 aliphatic carbocycles. The highest BCUT2D eigenvalue weighted by atomic mass is 32.1. The number of hydrogen-bond acceptors (Lipinski definition) is 8. The first kappa shape index (κ1) is 43.3. The molecule has 5 aromatic rings. The Hall–Kier alpha value is -3.83. The summed E-state index contributed by atoms with van der Waals surface area (Å²) in [5, 5.41) is 2.21. The number of fused-ring (bicyclic) bond motifs is 1. The number of aldehydes is 1. The fourth-order valence-corrected chi connectivity index (χ4v) is 12.7. The molecule has 2 amide bonds. The van der Waals surface area contributed by atoms with Crippen LogP contribution >= 0.6 is 45.3 Å². The van der Waals surface area contributed by atoms with E-state index in [1.807, 2.05) is 21.9 Å². The van der Waals surface area contributed by atoms with Crippen LogP contribution in [0, 0.1) is 11.8 Å². The van der Waals surface area contributed by atoms with Crippen molar-refractivity contribution in [3.05, 3.63) is 92.2 Å². The molecule has 0 aromatic carbocycles. The summed E-state index contributed by atoms with van der Waals surface area (Å²) in [7, 11) is 0. The second-order valence-electron chi connectivity index (χ2n) is 16.0. The standard InChI is InChI=1S/C49H58N2O4S4/c1-6-11-14-15-18-34-27-28-56-47(34)42-26-25-41(59-42)46-44-43(48(53)51(46)30-33(10-5)17-13-8-3)45(50(49(44)54)29-32(9-4)16-12-7-2)40-24-23-39(58-40)38-22-21-37(57-38)36-20-19-35(31-52)55-36/h19-28,31-33H,6-18,29-30H2,1-5H3. The van der Waals surface area contributed by atoms with Crippen molar-refractivity contribution in [1.82, 2.24) is 9.80 Å². The lowest BCUT2D eigenvalue weighted by molar-refractivity contribution is -0.124. The SMILES string of the molecule is CCCCCCc1ccsc1-c1ccc(C2=C3C(=O)N(CC(CC)CCCC)C(c4ccc(-c5ccc(-c6ccc(C=O)o6)s5)s4)=C3C(=O)N2CC(CC)CCCC)s1. The predicted octanol–water partition coefficient (Wildman–Crippen LogP) is 14.7. The van der Waals surface area contributed by atoms with Crippen LogP contribution in [0.3, 0.4) is 0 Å². The van der Waals surface area contributed by atoms with Gasteiger partial charge in [-0.1, -0.05) is 92.4 Å². The Morgan fingerprint density at radius 3 is 1.66 bits per heavy atom. The number of rotatable bonds is 23. The maximum absolute atomic E-state index is 15.2. The maximum Gasteiger partial charge on any atom is 0.261 e. The molecule has 0 radical (unpaired) electrons. The van der Waals surface area contributed by atoms with E-state index >= 15 is 9.59 Å². The zero-order valence-electron chi connectivity index (χ0n) is 35.3. The van der Waals surface area contributed by atoms with E-state index in [9.17, 15) is 4.79 Å². The molecule has 5 aromatic heterocycles. The van der Waals surface area contributed by atoms with Crippen LogP contribution < -0.4 is 0 Å². The van der Waals surface area contributed by atoms with E-state index in [-0.39, 0.29) is 11.8 Å². The largest absolute Gasteiger partial charge is 0.452 e. The van der Waals surface area contributed by atoms with E-state index in [0.29, 0.717) is 47.6 Å². The zero-order chi connectivity index (χ0) is 41.5. The fourth-order valence-electron chi connectivity index (χ4n) is 8.44. The lowest BCUT2D eigenvalue weighted by Crippen LogP contribution is -2.34. The van der Waals surface area contributed by atoms with Gasteiger partial charge in [-0.25, -0.2) is 0 Å². The number of nitrogens with zero attached hydrogens (tertiary/aromatic N) is 2. The Bertz CT molecular complexity index is 2290. The Kier molecular flexibility index (Phi) is 14.8. The van der Waals surface area contributed by atoms with Crippen molar-refractivity contribution in [2.24, 2.45) is 11.8 Å². The minimum Gasteiger partial charge on any atom is -0.452 e. The number of thiophene rings is 4. The zero-order valence-corrected chi connectivity index (χ0v) is 38.5. The first-order valence-corrected chi connectivity index (χ1v) is 25.2. The number of aryl methyl sites for hydroxylation is 1. The fraction of sp³-hybridized carbons (Fsp3) is 0.449. The molecular formula is C49H58N2O4S4. The van der Waals surface area contributed by atoms with Crippen LogP contribution in [0.25, 0.3) is 41.5 Å². The van der Waals surface area contributed by atoms with Crippen molar-refractivity contribution in [3.63, 3.8) is 0 Å². The molecule has 59 heavy (non-hydrogen) atoms. The second kappa shape index (κ2) is 20.2. The Morgan fingerprint density at radius 1 is 0.593 bits per heavy atom. The van der Waals surface area contributed by atoms with E-state index in [1.54, 1.807) is 51.4 Å². The van der Waals surface area contributed by atoms with Gasteiger partial charge < -0.3 is 14.2 Å². The Labute approximate surface area is 366 Å². The number of hydrogen-bond donors (Lipinski definition) is 0. The average Bonchev–Trinajstić information content (AvgIpc) is 4.11. The molecule has 0 spiro atoms. The Morgan fingerprint density at radius 2 is 1.12 bits per heavy atom. The normalized spacial score (nSPS) is 15.3. The molecule has 0 saturated carbocycles. The average molecular weight is 867 g/mol. The summed E-state index contributed by atoms with van der Waals surface area (Å²) in [5.41, 5.74) is 4.12. The van der Waals surface area contributed by atoms with E-state index in [1.165, 1.54) is 41.0 Å². The summed E-state index contributed by atoms with van der Waals surface area (Å²) in [6, 6.07) is 18.5. The minimum atomic E-state index is -0.0442. The van der Waals surface area contributed by atoms with Crippen LogP contribution in [0.5, 0.6) is 0 Å². The van der Waals surface area contributed by atoms with Gasteiger partial charge in [0.15, 0.2) is 12.0 Å². The molecule has 0 N–H and O–H groups in total. The van der Waals surface area contributed by atoms with Crippen molar-refractivity contribution >= 4 is 74.8 Å². The molecule has 0 fully saturated rings. The van der Waals surface area contributed by atoms with Gasteiger partial charge >= 0.3 is 0 Å². The van der Waals surface area contributed by atoms with Gasteiger partial charge in [-0.05, 0) is 103 Å². The summed E-state index contributed by atoms with van der Waals surface area (Å²) in [6.45, 7) is 12.3. The van der Waals surface area contributed by atoms with Gasteiger partial charge in [0.1, 0.15) is 5.76 Å². The third kappa shape index (κ3) is 9.26. The van der Waals surface area contributed by atoms with Crippen LogP contribution in [0.2, 0.25) is 0 Å². The smallest absolute Gasteiger partial charge is 0.261 e. The van der Waals surface area contributed by atoms with Crippen LogP contribution in [-0.2, 0) is 16.0 Å². The molecule has 10 heteroatoms. The minimum absolute atomic E-state index is 0.0442. The molecule has 2 atom stereocenters. The summed E-state index contributed by atoms with van der Waals surface area (Å²) in [5.74, 6) is 1.55. The lowest BCUT2D eigenvalue weighted by Gasteiger charge is -2.29. The maximum atomic E-state index is 15.2. The molecule has 0 bridgehead atoms. The van der Waals surface area contributed by atoms with E-state index < -0.39 is 0 Å². The molecule has 2 aliphatic heterocycles. The highest BCUT2D eigenvalue weighted by Crippen LogP contribution is 2.51. The van der Waals surface area contributed by atoms with E-state index in [2.05, 4.69) is 76.4 Å². The summed E-state index contributed by atoms with van der Waals surface area (Å²) in [6.07, 6.45) is 15.2. The molecular weight excluding hydrogens is 809 g/mol. The van der Waals surface area contributed by atoms with Gasteiger partial charge in [0.2, 0.25) is 0 Å². The van der Waals surface area contributed by atoms with E-state index in [4.69, 9.17) is 4.42 Å². The quantitative estimate of drug-likeness (QED) is 0.0484. The van der Waals surface area contributed by atoms with Crippen molar-refractivity contribution in [3.8, 4) is 30.1 Å². The van der Waals surface area contributed by atoms with Crippen molar-refractivity contribution in [1.29, 1.82) is 0 Å². The molecule has 6 nitrogen and oxygen atoms in total. The van der Waals surface area contributed by atoms with Crippen LogP contribution in [0.1, 0.15) is 138 Å². The van der Waals surface area contributed by atoms with Gasteiger partial charge in [0.25, 0.3) is 11.8 Å². The van der Waals surface area contributed by atoms with Gasteiger partial charge in [0.05, 0.1) is 37.2 Å². The van der Waals surface area contributed by atoms with Crippen LogP contribution in [-0.4, -0.2) is 41.0 Å². The number of furan rings is 1. The van der Waals surface area contributed by atoms with E-state index in [0.717, 1.165) is 99.9 Å². The third-order valence-electron chi connectivity index (χ3n) is 11.9. The van der Waals surface area contributed by atoms with Gasteiger partial charge in [-0.15, -0.1) is 45.3 Å². The first-order chi connectivity index (χ1) is 28.8. The van der Waals surface area contributed by atoms with Crippen LogP contribution in [0.15, 0.2) is 75.5 Å². The predicted molar refractivity (Wildman–Crippen MR) is 250 cm³/mol. The Balaban J connectivity index is 1.33. The molecule has 2 aliphatic rings. The first-order valence-electron chi connectivity index (χ1n) is 21.9. The second-order valence-corrected chi connectivity index (χ2v) is 20.2. The molecule has 312 valence electrons. The lowest BCUT2D eigenvalue weighted by atomic mass is 9.98.